The van der Waals surface area contributed by atoms with Gasteiger partial charge in [0, 0.05) is 4.47 Å². The van der Waals surface area contributed by atoms with E-state index in [1.807, 2.05) is 19.1 Å². The van der Waals surface area contributed by atoms with Crippen molar-refractivity contribution >= 4 is 44.9 Å². The van der Waals surface area contributed by atoms with Crippen molar-refractivity contribution in [1.82, 2.24) is 0 Å². The van der Waals surface area contributed by atoms with Crippen LogP contribution in [0.15, 0.2) is 40.9 Å². The molecule has 0 bridgehead atoms. The van der Waals surface area contributed by atoms with Gasteiger partial charge in [0.25, 0.3) is 0 Å². The zero-order chi connectivity index (χ0) is 15.4. The first-order chi connectivity index (χ1) is 9.99. The van der Waals surface area contributed by atoms with Crippen LogP contribution in [0.1, 0.15) is 5.56 Å². The summed E-state index contributed by atoms with van der Waals surface area (Å²) in [6, 6.07) is 10.4. The molecule has 0 aliphatic rings. The van der Waals surface area contributed by atoms with Crippen LogP contribution in [-0.2, 0) is 0 Å². The van der Waals surface area contributed by atoms with Crippen molar-refractivity contribution in [2.45, 2.75) is 6.92 Å². The fourth-order valence-electron chi connectivity index (χ4n) is 1.79. The van der Waals surface area contributed by atoms with Crippen LogP contribution in [0.2, 0.25) is 5.02 Å². The van der Waals surface area contributed by atoms with E-state index in [4.69, 9.17) is 16.3 Å². The number of halogens is 2. The highest BCUT2D eigenvalue weighted by molar-refractivity contribution is 9.10. The van der Waals surface area contributed by atoms with E-state index in [1.54, 1.807) is 31.4 Å². The predicted molar refractivity (Wildman–Crippen MR) is 89.5 cm³/mol. The van der Waals surface area contributed by atoms with E-state index in [-0.39, 0.29) is 6.03 Å². The molecular weight excluding hydrogens is 356 g/mol. The molecule has 21 heavy (non-hydrogen) atoms. The van der Waals surface area contributed by atoms with Crippen LogP contribution in [0.5, 0.6) is 5.75 Å². The Hall–Kier alpha value is -1.72. The summed E-state index contributed by atoms with van der Waals surface area (Å²) in [4.78, 5) is 12.1. The molecule has 0 atom stereocenters. The quantitative estimate of drug-likeness (QED) is 0.794. The fraction of sp³-hybridized carbons (Fsp3) is 0.133. The van der Waals surface area contributed by atoms with Crippen molar-refractivity contribution in [3.05, 3.63) is 51.5 Å². The Morgan fingerprint density at radius 2 is 1.86 bits per heavy atom. The van der Waals surface area contributed by atoms with Gasteiger partial charge in [0.15, 0.2) is 0 Å². The number of benzene rings is 2. The van der Waals surface area contributed by atoms with Gasteiger partial charge in [0.1, 0.15) is 5.75 Å². The lowest BCUT2D eigenvalue weighted by Gasteiger charge is -2.12. The highest BCUT2D eigenvalue weighted by atomic mass is 79.9. The lowest BCUT2D eigenvalue weighted by atomic mass is 10.2. The summed E-state index contributed by atoms with van der Waals surface area (Å²) in [7, 11) is 1.55. The number of methoxy groups -OCH3 is 1. The van der Waals surface area contributed by atoms with Crippen molar-refractivity contribution < 1.29 is 9.53 Å². The number of hydrogen-bond donors (Lipinski definition) is 2. The zero-order valence-electron chi connectivity index (χ0n) is 11.5. The fourth-order valence-corrected chi connectivity index (χ4v) is 2.51. The topological polar surface area (TPSA) is 50.4 Å². The molecule has 0 aliphatic heterocycles. The number of ether oxygens (including phenoxy) is 1. The summed E-state index contributed by atoms with van der Waals surface area (Å²) >= 11 is 9.38. The molecular formula is C15H14BrClN2O2. The first-order valence-corrected chi connectivity index (χ1v) is 7.34. The molecule has 4 nitrogen and oxygen atoms in total. The van der Waals surface area contributed by atoms with E-state index in [9.17, 15) is 4.79 Å². The van der Waals surface area contributed by atoms with E-state index < -0.39 is 0 Å². The minimum atomic E-state index is -0.386. The second-order valence-electron chi connectivity index (χ2n) is 4.41. The maximum atomic E-state index is 12.1. The summed E-state index contributed by atoms with van der Waals surface area (Å²) < 4.78 is 6.06. The zero-order valence-corrected chi connectivity index (χ0v) is 13.9. The van der Waals surface area contributed by atoms with Gasteiger partial charge < -0.3 is 15.4 Å². The first kappa shape index (κ1) is 15.7. The van der Waals surface area contributed by atoms with Gasteiger partial charge in [-0.1, -0.05) is 33.6 Å². The number of hydrogen-bond acceptors (Lipinski definition) is 2. The predicted octanol–water partition coefficient (Wildman–Crippen LogP) is 5.06. The Morgan fingerprint density at radius 3 is 2.52 bits per heavy atom. The maximum absolute atomic E-state index is 12.1. The number of amides is 2. The Morgan fingerprint density at radius 1 is 1.14 bits per heavy atom. The Labute approximate surface area is 136 Å². The number of rotatable bonds is 3. The van der Waals surface area contributed by atoms with E-state index in [0.29, 0.717) is 22.1 Å². The van der Waals surface area contributed by atoms with Crippen LogP contribution in [0.4, 0.5) is 16.2 Å². The summed E-state index contributed by atoms with van der Waals surface area (Å²) in [5.74, 6) is 0.595. The molecule has 0 fully saturated rings. The highest BCUT2D eigenvalue weighted by Crippen LogP contribution is 2.27. The lowest BCUT2D eigenvalue weighted by molar-refractivity contribution is 0.262. The normalized spacial score (nSPS) is 10.1. The second kappa shape index (κ2) is 6.83. The molecule has 0 spiro atoms. The van der Waals surface area contributed by atoms with Crippen molar-refractivity contribution in [3.8, 4) is 5.75 Å². The van der Waals surface area contributed by atoms with Crippen molar-refractivity contribution in [3.63, 3.8) is 0 Å². The molecule has 0 radical (unpaired) electrons. The molecule has 0 heterocycles. The average Bonchev–Trinajstić information content (AvgIpc) is 2.42. The van der Waals surface area contributed by atoms with E-state index in [2.05, 4.69) is 26.6 Å². The molecule has 0 saturated heterocycles. The van der Waals surface area contributed by atoms with Gasteiger partial charge in [-0.15, -0.1) is 0 Å². The Kier molecular flexibility index (Phi) is 5.09. The second-order valence-corrected chi connectivity index (χ2v) is 5.73. The summed E-state index contributed by atoms with van der Waals surface area (Å²) in [5, 5.41) is 5.90. The first-order valence-electron chi connectivity index (χ1n) is 6.17. The van der Waals surface area contributed by atoms with Crippen LogP contribution in [-0.4, -0.2) is 13.1 Å². The van der Waals surface area contributed by atoms with Crippen LogP contribution in [0.3, 0.4) is 0 Å². The number of nitrogens with one attached hydrogen (secondary N) is 2. The number of carbonyl (C=O) groups is 1. The molecule has 0 aliphatic carbocycles. The summed E-state index contributed by atoms with van der Waals surface area (Å²) in [6.45, 7) is 1.94. The van der Waals surface area contributed by atoms with Gasteiger partial charge in [-0.3, -0.25) is 0 Å². The monoisotopic (exact) mass is 368 g/mol. The van der Waals surface area contributed by atoms with Crippen LogP contribution >= 0.6 is 27.5 Å². The molecule has 6 heteroatoms. The molecule has 2 amide bonds. The average molecular weight is 370 g/mol. The highest BCUT2D eigenvalue weighted by Gasteiger charge is 2.09. The van der Waals surface area contributed by atoms with Gasteiger partial charge in [-0.25, -0.2) is 4.79 Å². The van der Waals surface area contributed by atoms with Crippen LogP contribution in [0, 0.1) is 6.92 Å². The summed E-state index contributed by atoms with van der Waals surface area (Å²) in [6.07, 6.45) is 0. The molecule has 2 aromatic rings. The molecule has 110 valence electrons. The number of anilines is 2. The van der Waals surface area contributed by atoms with Crippen molar-refractivity contribution in [1.29, 1.82) is 0 Å². The van der Waals surface area contributed by atoms with Crippen molar-refractivity contribution in [2.75, 3.05) is 17.7 Å². The molecule has 2 aromatic carbocycles. The standard InChI is InChI=1S/C15H14BrClN2O2/c1-9-3-6-14(21-2)13(7-9)19-15(20)18-12-5-4-10(16)8-11(12)17/h3-8H,1-2H3,(H2,18,19,20). The summed E-state index contributed by atoms with van der Waals surface area (Å²) in [5.41, 5.74) is 2.15. The third-order valence-electron chi connectivity index (χ3n) is 2.78. The van der Waals surface area contributed by atoms with Gasteiger partial charge in [-0.2, -0.15) is 0 Å². The van der Waals surface area contributed by atoms with Crippen LogP contribution < -0.4 is 15.4 Å². The molecule has 0 saturated carbocycles. The number of aryl methyl sites for hydroxylation is 1. The number of urea groups is 1. The number of carbonyl (C=O) groups excluding carboxylic acids is 1. The van der Waals surface area contributed by atoms with Gasteiger partial charge >= 0.3 is 6.03 Å². The molecule has 0 aromatic heterocycles. The van der Waals surface area contributed by atoms with Gasteiger partial charge in [0.05, 0.1) is 23.5 Å². The van der Waals surface area contributed by atoms with E-state index in [0.717, 1.165) is 10.0 Å². The van der Waals surface area contributed by atoms with E-state index >= 15 is 0 Å². The van der Waals surface area contributed by atoms with E-state index in [1.165, 1.54) is 0 Å². The minimum absolute atomic E-state index is 0.386. The Balaban J connectivity index is 2.13. The minimum Gasteiger partial charge on any atom is -0.495 e. The lowest BCUT2D eigenvalue weighted by Crippen LogP contribution is -2.20. The smallest absolute Gasteiger partial charge is 0.323 e. The molecule has 2 rings (SSSR count). The van der Waals surface area contributed by atoms with Crippen LogP contribution in [0.25, 0.3) is 0 Å². The SMILES string of the molecule is COc1ccc(C)cc1NC(=O)Nc1ccc(Br)cc1Cl. The molecule has 2 N–H and O–H groups in total. The Bertz CT molecular complexity index is 677. The van der Waals surface area contributed by atoms with Gasteiger partial charge in [-0.05, 0) is 42.8 Å². The third-order valence-corrected chi connectivity index (χ3v) is 3.59. The van der Waals surface area contributed by atoms with Gasteiger partial charge in [0.2, 0.25) is 0 Å². The van der Waals surface area contributed by atoms with Crippen molar-refractivity contribution in [2.24, 2.45) is 0 Å². The largest absolute Gasteiger partial charge is 0.495 e. The maximum Gasteiger partial charge on any atom is 0.323 e. The third kappa shape index (κ3) is 4.12. The molecule has 0 unspecified atom stereocenters.